The molecule has 0 aromatic heterocycles. The smallest absolute Gasteiger partial charge is 0.311 e. The molecule has 0 aliphatic carbocycles. The molecule has 1 fully saturated rings. The van der Waals surface area contributed by atoms with Crippen molar-refractivity contribution in [1.82, 2.24) is 0 Å². The maximum absolute atomic E-state index is 12.6. The van der Waals surface area contributed by atoms with Gasteiger partial charge in [-0.1, -0.05) is 12.1 Å². The highest BCUT2D eigenvalue weighted by Gasteiger charge is 2.36. The Morgan fingerprint density at radius 1 is 0.861 bits per heavy atom. The number of hydrogen-bond acceptors (Lipinski definition) is 5. The molecular weight excluding hydrogens is 456 g/mol. The molecule has 1 atom stereocenters. The van der Waals surface area contributed by atoms with Crippen molar-refractivity contribution in [3.8, 4) is 11.5 Å². The van der Waals surface area contributed by atoms with Crippen molar-refractivity contribution in [3.63, 3.8) is 0 Å². The van der Waals surface area contributed by atoms with Crippen LogP contribution in [-0.2, 0) is 19.1 Å². The molecule has 36 heavy (non-hydrogen) atoms. The Labute approximate surface area is 211 Å². The van der Waals surface area contributed by atoms with Gasteiger partial charge in [0, 0.05) is 24.3 Å². The molecule has 4 rings (SSSR count). The third kappa shape index (κ3) is 5.92. The SMILES string of the molecule is Cc1ccc(NC(=O)COC(=O)[C@H]2CC(=O)N(c3ccc(Oc4ccc(C)c(C)c4)cc3)C2)cc1C. The molecule has 3 aromatic carbocycles. The molecule has 0 unspecified atom stereocenters. The van der Waals surface area contributed by atoms with Gasteiger partial charge in [0.1, 0.15) is 11.5 Å². The quantitative estimate of drug-likeness (QED) is 0.461. The molecule has 0 spiro atoms. The van der Waals surface area contributed by atoms with Gasteiger partial charge < -0.3 is 19.7 Å². The first-order valence-corrected chi connectivity index (χ1v) is 11.9. The summed E-state index contributed by atoms with van der Waals surface area (Å²) >= 11 is 0. The van der Waals surface area contributed by atoms with Crippen LogP contribution in [0.15, 0.2) is 60.7 Å². The summed E-state index contributed by atoms with van der Waals surface area (Å²) in [7, 11) is 0. The second-order valence-corrected chi connectivity index (χ2v) is 9.20. The number of anilines is 2. The number of amides is 2. The average molecular weight is 487 g/mol. The van der Waals surface area contributed by atoms with Gasteiger partial charge in [0.2, 0.25) is 5.91 Å². The van der Waals surface area contributed by atoms with E-state index in [0.29, 0.717) is 17.1 Å². The van der Waals surface area contributed by atoms with E-state index >= 15 is 0 Å². The monoisotopic (exact) mass is 486 g/mol. The van der Waals surface area contributed by atoms with E-state index in [1.165, 1.54) is 5.56 Å². The summed E-state index contributed by atoms with van der Waals surface area (Å²) < 4.78 is 11.1. The van der Waals surface area contributed by atoms with E-state index in [1.54, 1.807) is 35.2 Å². The Kier molecular flexibility index (Phi) is 7.38. The van der Waals surface area contributed by atoms with Crippen molar-refractivity contribution < 1.29 is 23.9 Å². The van der Waals surface area contributed by atoms with Crippen LogP contribution in [0.25, 0.3) is 0 Å². The van der Waals surface area contributed by atoms with Crippen molar-refractivity contribution in [3.05, 3.63) is 82.9 Å². The van der Waals surface area contributed by atoms with Crippen LogP contribution in [0.2, 0.25) is 0 Å². The van der Waals surface area contributed by atoms with E-state index in [4.69, 9.17) is 9.47 Å². The number of benzene rings is 3. The van der Waals surface area contributed by atoms with Gasteiger partial charge in [-0.05, 0) is 98.5 Å². The van der Waals surface area contributed by atoms with E-state index < -0.39 is 24.4 Å². The van der Waals surface area contributed by atoms with Crippen LogP contribution in [0, 0.1) is 33.6 Å². The zero-order valence-corrected chi connectivity index (χ0v) is 21.0. The zero-order valence-electron chi connectivity index (χ0n) is 21.0. The number of ether oxygens (including phenoxy) is 2. The Morgan fingerprint density at radius 2 is 1.50 bits per heavy atom. The standard InChI is InChI=1S/C29H30N2O5/c1-18-5-7-23(13-20(18)3)30-27(32)17-35-29(34)22-15-28(33)31(16-22)24-8-11-25(12-9-24)36-26-10-6-19(2)21(4)14-26/h5-14,22H,15-17H2,1-4H3,(H,30,32)/t22-/m0/s1. The predicted molar refractivity (Wildman–Crippen MR) is 138 cm³/mol. The lowest BCUT2D eigenvalue weighted by Gasteiger charge is -2.17. The molecule has 1 heterocycles. The third-order valence-electron chi connectivity index (χ3n) is 6.46. The molecule has 7 heteroatoms. The fraction of sp³-hybridized carbons (Fsp3) is 0.276. The number of esters is 1. The fourth-order valence-electron chi connectivity index (χ4n) is 3.99. The van der Waals surface area contributed by atoms with Crippen molar-refractivity contribution in [1.29, 1.82) is 0 Å². The minimum absolute atomic E-state index is 0.0402. The normalized spacial score (nSPS) is 15.1. The van der Waals surface area contributed by atoms with E-state index in [-0.39, 0.29) is 18.9 Å². The first kappa shape index (κ1) is 25.0. The predicted octanol–water partition coefficient (Wildman–Crippen LogP) is 5.25. The number of nitrogens with zero attached hydrogens (tertiary/aromatic N) is 1. The number of aryl methyl sites for hydroxylation is 4. The molecule has 2 amide bonds. The Balaban J connectivity index is 1.30. The maximum Gasteiger partial charge on any atom is 0.311 e. The lowest BCUT2D eigenvalue weighted by atomic mass is 10.1. The van der Waals surface area contributed by atoms with Gasteiger partial charge in [-0.25, -0.2) is 0 Å². The van der Waals surface area contributed by atoms with Crippen LogP contribution in [-0.4, -0.2) is 30.9 Å². The molecule has 1 aliphatic heterocycles. The first-order valence-electron chi connectivity index (χ1n) is 11.9. The van der Waals surface area contributed by atoms with Crippen molar-refractivity contribution in [2.75, 3.05) is 23.4 Å². The molecule has 1 saturated heterocycles. The highest BCUT2D eigenvalue weighted by molar-refractivity contribution is 6.00. The van der Waals surface area contributed by atoms with Gasteiger partial charge in [-0.3, -0.25) is 14.4 Å². The third-order valence-corrected chi connectivity index (χ3v) is 6.46. The van der Waals surface area contributed by atoms with Crippen molar-refractivity contribution in [2.45, 2.75) is 34.1 Å². The Morgan fingerprint density at radius 3 is 2.17 bits per heavy atom. The molecule has 0 bridgehead atoms. The summed E-state index contributed by atoms with van der Waals surface area (Å²) in [5.41, 5.74) is 5.84. The molecule has 0 saturated carbocycles. The molecule has 186 valence electrons. The minimum Gasteiger partial charge on any atom is -0.457 e. The second-order valence-electron chi connectivity index (χ2n) is 9.20. The van der Waals surface area contributed by atoms with Gasteiger partial charge >= 0.3 is 5.97 Å². The van der Waals surface area contributed by atoms with Crippen molar-refractivity contribution in [2.24, 2.45) is 5.92 Å². The highest BCUT2D eigenvalue weighted by Crippen LogP contribution is 2.29. The number of carbonyl (C=O) groups is 3. The molecule has 1 aliphatic rings. The van der Waals surface area contributed by atoms with Crippen LogP contribution in [0.5, 0.6) is 11.5 Å². The summed E-state index contributed by atoms with van der Waals surface area (Å²) in [4.78, 5) is 38.9. The molecule has 1 N–H and O–H groups in total. The summed E-state index contributed by atoms with van der Waals surface area (Å²) in [5.74, 6) is -0.382. The fourth-order valence-corrected chi connectivity index (χ4v) is 3.99. The lowest BCUT2D eigenvalue weighted by molar-refractivity contribution is -0.151. The van der Waals surface area contributed by atoms with Crippen LogP contribution in [0.4, 0.5) is 11.4 Å². The van der Waals surface area contributed by atoms with Gasteiger partial charge in [0.15, 0.2) is 6.61 Å². The number of nitrogens with one attached hydrogen (secondary N) is 1. The topological polar surface area (TPSA) is 84.9 Å². The van der Waals surface area contributed by atoms with Crippen LogP contribution in [0.3, 0.4) is 0 Å². The van der Waals surface area contributed by atoms with E-state index in [2.05, 4.69) is 5.32 Å². The lowest BCUT2D eigenvalue weighted by Crippen LogP contribution is -2.28. The number of hydrogen-bond donors (Lipinski definition) is 1. The molecule has 0 radical (unpaired) electrons. The van der Waals surface area contributed by atoms with Crippen LogP contribution in [0.1, 0.15) is 28.7 Å². The van der Waals surface area contributed by atoms with Crippen LogP contribution >= 0.6 is 0 Å². The van der Waals surface area contributed by atoms with E-state index in [0.717, 1.165) is 22.4 Å². The summed E-state index contributed by atoms with van der Waals surface area (Å²) in [6, 6.07) is 18.6. The van der Waals surface area contributed by atoms with E-state index in [9.17, 15) is 14.4 Å². The van der Waals surface area contributed by atoms with Gasteiger partial charge in [0.05, 0.1) is 5.92 Å². The zero-order chi connectivity index (χ0) is 25.8. The van der Waals surface area contributed by atoms with Gasteiger partial charge in [-0.15, -0.1) is 0 Å². The maximum atomic E-state index is 12.6. The van der Waals surface area contributed by atoms with E-state index in [1.807, 2.05) is 58.0 Å². The second kappa shape index (κ2) is 10.6. The van der Waals surface area contributed by atoms with Crippen molar-refractivity contribution >= 4 is 29.2 Å². The minimum atomic E-state index is -0.627. The molecule has 3 aromatic rings. The summed E-state index contributed by atoms with van der Waals surface area (Å²) in [5, 5.41) is 2.72. The average Bonchev–Trinajstić information content (AvgIpc) is 3.24. The number of carbonyl (C=O) groups excluding carboxylic acids is 3. The molecular formula is C29H30N2O5. The van der Waals surface area contributed by atoms with Gasteiger partial charge in [-0.2, -0.15) is 0 Å². The number of rotatable bonds is 7. The Bertz CT molecular complexity index is 1300. The summed E-state index contributed by atoms with van der Waals surface area (Å²) in [6.07, 6.45) is 0.0402. The largest absolute Gasteiger partial charge is 0.457 e. The first-order chi connectivity index (χ1) is 17.2. The summed E-state index contributed by atoms with van der Waals surface area (Å²) in [6.45, 7) is 7.82. The van der Waals surface area contributed by atoms with Gasteiger partial charge in [0.25, 0.3) is 5.91 Å². The van der Waals surface area contributed by atoms with Crippen LogP contribution < -0.4 is 15.0 Å². The highest BCUT2D eigenvalue weighted by atomic mass is 16.5. The molecule has 7 nitrogen and oxygen atoms in total. The Hall–Kier alpha value is -4.13.